The highest BCUT2D eigenvalue weighted by molar-refractivity contribution is 5.05. The largest absolute Gasteiger partial charge is 0.212 e. The molecule has 0 aromatic carbocycles. The Kier molecular flexibility index (Phi) is 2.04. The molecule has 0 saturated carbocycles. The summed E-state index contributed by atoms with van der Waals surface area (Å²) in [5.74, 6) is 0.413. The van der Waals surface area contributed by atoms with Crippen LogP contribution >= 0.6 is 0 Å². The van der Waals surface area contributed by atoms with Gasteiger partial charge in [-0.2, -0.15) is 0 Å². The zero-order valence-electron chi connectivity index (χ0n) is 5.60. The number of rotatable bonds is 0. The summed E-state index contributed by atoms with van der Waals surface area (Å²) in [5, 5.41) is 0. The van der Waals surface area contributed by atoms with Gasteiger partial charge in [-0.3, -0.25) is 0 Å². The fourth-order valence-electron chi connectivity index (χ4n) is 0.966. The fourth-order valence-corrected chi connectivity index (χ4v) is 0.966. The maximum absolute atomic E-state index is 12.5. The lowest BCUT2D eigenvalue weighted by atomic mass is 10.1. The third-order valence-corrected chi connectivity index (χ3v) is 1.46. The van der Waals surface area contributed by atoms with Crippen LogP contribution in [0.25, 0.3) is 0 Å². The van der Waals surface area contributed by atoms with Crippen molar-refractivity contribution in [3.8, 4) is 0 Å². The molecular weight excluding hydrogens is 115 g/mol. The Morgan fingerprint density at radius 2 is 2.44 bits per heavy atom. The van der Waals surface area contributed by atoms with Crippen molar-refractivity contribution in [3.05, 3.63) is 24.1 Å². The molecule has 1 heteroatoms. The van der Waals surface area contributed by atoms with Crippen LogP contribution in [0.1, 0.15) is 19.8 Å². The molecule has 0 heterocycles. The summed E-state index contributed by atoms with van der Waals surface area (Å²) in [6.07, 6.45) is 7.05. The van der Waals surface area contributed by atoms with Crippen LogP contribution in [0.3, 0.4) is 0 Å². The second-order valence-electron chi connectivity index (χ2n) is 2.50. The van der Waals surface area contributed by atoms with Crippen LogP contribution in [-0.4, -0.2) is 0 Å². The quantitative estimate of drug-likeness (QED) is 0.438. The Bertz CT molecular complexity index is 145. The maximum atomic E-state index is 12.5. The van der Waals surface area contributed by atoms with E-state index in [1.165, 1.54) is 0 Å². The van der Waals surface area contributed by atoms with Gasteiger partial charge in [0.1, 0.15) is 0 Å². The minimum absolute atomic E-state index is 0.0347. The van der Waals surface area contributed by atoms with E-state index in [2.05, 4.69) is 6.08 Å². The summed E-state index contributed by atoms with van der Waals surface area (Å²) in [4.78, 5) is 0. The van der Waals surface area contributed by atoms with E-state index in [4.69, 9.17) is 0 Å². The molecule has 0 bridgehead atoms. The number of hydrogen-bond donors (Lipinski definition) is 0. The van der Waals surface area contributed by atoms with Crippen LogP contribution in [0, 0.1) is 5.92 Å². The Morgan fingerprint density at radius 1 is 1.67 bits per heavy atom. The molecule has 1 aliphatic carbocycles. The van der Waals surface area contributed by atoms with Crippen molar-refractivity contribution in [1.82, 2.24) is 0 Å². The highest BCUT2D eigenvalue weighted by atomic mass is 19.1. The van der Waals surface area contributed by atoms with Gasteiger partial charge in [0.05, 0.1) is 5.83 Å². The normalized spacial score (nSPS) is 27.3. The molecule has 1 unspecified atom stereocenters. The lowest BCUT2D eigenvalue weighted by molar-refractivity contribution is 0.543. The average molecular weight is 126 g/mol. The number of allylic oxidation sites excluding steroid dienone is 4. The average Bonchev–Trinajstić information content (AvgIpc) is 1.93. The summed E-state index contributed by atoms with van der Waals surface area (Å²) in [6.45, 7) is 2.02. The van der Waals surface area contributed by atoms with Crippen LogP contribution in [0.4, 0.5) is 4.39 Å². The van der Waals surface area contributed by atoms with Crippen molar-refractivity contribution in [2.75, 3.05) is 0 Å². The molecule has 0 fully saturated rings. The van der Waals surface area contributed by atoms with Crippen molar-refractivity contribution in [2.24, 2.45) is 5.92 Å². The Balaban J connectivity index is 2.58. The van der Waals surface area contributed by atoms with E-state index in [9.17, 15) is 4.39 Å². The Hall–Kier alpha value is -0.590. The molecule has 0 radical (unpaired) electrons. The van der Waals surface area contributed by atoms with Crippen LogP contribution in [-0.2, 0) is 0 Å². The summed E-state index contributed by atoms with van der Waals surface area (Å²) in [7, 11) is 0. The van der Waals surface area contributed by atoms with Gasteiger partial charge in [-0.1, -0.05) is 19.1 Å². The molecular formula is C8H11F. The summed E-state index contributed by atoms with van der Waals surface area (Å²) in [6, 6.07) is 0. The monoisotopic (exact) mass is 126 g/mol. The smallest absolute Gasteiger partial charge is 0.0968 e. The molecule has 0 aliphatic heterocycles. The van der Waals surface area contributed by atoms with E-state index in [-0.39, 0.29) is 5.83 Å². The molecule has 1 atom stereocenters. The van der Waals surface area contributed by atoms with E-state index in [0.717, 1.165) is 6.42 Å². The first-order valence-electron chi connectivity index (χ1n) is 3.30. The second kappa shape index (κ2) is 2.81. The Labute approximate surface area is 55.1 Å². The van der Waals surface area contributed by atoms with Crippen molar-refractivity contribution in [3.63, 3.8) is 0 Å². The standard InChI is InChI=1S/C8H11F/c1-7-4-2-3-5-8(9)6-7/h2,4-5,7H,3,6H2,1H3. The molecule has 0 aromatic rings. The van der Waals surface area contributed by atoms with Crippen LogP contribution in [0.15, 0.2) is 24.1 Å². The van der Waals surface area contributed by atoms with Crippen molar-refractivity contribution in [2.45, 2.75) is 19.8 Å². The summed E-state index contributed by atoms with van der Waals surface area (Å²) >= 11 is 0. The van der Waals surface area contributed by atoms with Gasteiger partial charge in [-0.05, 0) is 18.4 Å². The zero-order chi connectivity index (χ0) is 6.69. The van der Waals surface area contributed by atoms with E-state index in [1.807, 2.05) is 13.0 Å². The molecule has 0 spiro atoms. The van der Waals surface area contributed by atoms with E-state index < -0.39 is 0 Å². The third kappa shape index (κ3) is 2.00. The Morgan fingerprint density at radius 3 is 3.22 bits per heavy atom. The number of hydrogen-bond acceptors (Lipinski definition) is 0. The molecule has 0 aromatic heterocycles. The summed E-state index contributed by atoms with van der Waals surface area (Å²) in [5.41, 5.74) is 0. The van der Waals surface area contributed by atoms with Crippen LogP contribution in [0.2, 0.25) is 0 Å². The van der Waals surface area contributed by atoms with Gasteiger partial charge in [0.2, 0.25) is 0 Å². The van der Waals surface area contributed by atoms with Gasteiger partial charge in [-0.25, -0.2) is 4.39 Å². The summed E-state index contributed by atoms with van der Waals surface area (Å²) < 4.78 is 12.5. The topological polar surface area (TPSA) is 0 Å². The van der Waals surface area contributed by atoms with E-state index in [1.54, 1.807) is 6.08 Å². The predicted molar refractivity (Wildman–Crippen MR) is 36.7 cm³/mol. The fraction of sp³-hybridized carbons (Fsp3) is 0.500. The molecule has 50 valence electrons. The van der Waals surface area contributed by atoms with Crippen LogP contribution in [0.5, 0.6) is 0 Å². The first-order chi connectivity index (χ1) is 4.29. The minimum Gasteiger partial charge on any atom is -0.212 e. The van der Waals surface area contributed by atoms with Crippen molar-refractivity contribution in [1.29, 1.82) is 0 Å². The molecule has 9 heavy (non-hydrogen) atoms. The second-order valence-corrected chi connectivity index (χ2v) is 2.50. The van der Waals surface area contributed by atoms with Gasteiger partial charge >= 0.3 is 0 Å². The lowest BCUT2D eigenvalue weighted by Gasteiger charge is -1.98. The number of halogens is 1. The minimum atomic E-state index is 0.0347. The first-order valence-corrected chi connectivity index (χ1v) is 3.30. The predicted octanol–water partition coefficient (Wildman–Crippen LogP) is 2.83. The maximum Gasteiger partial charge on any atom is 0.0968 e. The third-order valence-electron chi connectivity index (χ3n) is 1.46. The lowest BCUT2D eigenvalue weighted by Crippen LogP contribution is -1.86. The van der Waals surface area contributed by atoms with Gasteiger partial charge in [-0.15, -0.1) is 0 Å². The van der Waals surface area contributed by atoms with Crippen LogP contribution < -0.4 is 0 Å². The highest BCUT2D eigenvalue weighted by Gasteiger charge is 2.03. The van der Waals surface area contributed by atoms with Gasteiger partial charge in [0.15, 0.2) is 0 Å². The zero-order valence-corrected chi connectivity index (χ0v) is 5.60. The van der Waals surface area contributed by atoms with Crippen molar-refractivity contribution < 1.29 is 4.39 Å². The van der Waals surface area contributed by atoms with E-state index >= 15 is 0 Å². The molecule has 1 aliphatic rings. The molecule has 1 rings (SSSR count). The van der Waals surface area contributed by atoms with Gasteiger partial charge < -0.3 is 0 Å². The molecule has 0 nitrogen and oxygen atoms in total. The highest BCUT2D eigenvalue weighted by Crippen LogP contribution is 2.17. The molecule has 0 saturated heterocycles. The first kappa shape index (κ1) is 6.53. The molecule has 0 amide bonds. The van der Waals surface area contributed by atoms with Gasteiger partial charge in [0, 0.05) is 6.42 Å². The molecule has 0 N–H and O–H groups in total. The van der Waals surface area contributed by atoms with Gasteiger partial charge in [0.25, 0.3) is 0 Å². The van der Waals surface area contributed by atoms with Crippen molar-refractivity contribution >= 4 is 0 Å². The van der Waals surface area contributed by atoms with E-state index in [0.29, 0.717) is 12.3 Å². The SMILES string of the molecule is CC1C=CCC=C(F)C1.